The Hall–Kier alpha value is -0.780. The van der Waals surface area contributed by atoms with Crippen molar-refractivity contribution in [2.75, 3.05) is 27.2 Å². The van der Waals surface area contributed by atoms with Crippen molar-refractivity contribution in [3.8, 4) is 11.5 Å². The van der Waals surface area contributed by atoms with E-state index in [0.29, 0.717) is 18.2 Å². The number of benzene rings is 1. The monoisotopic (exact) mass is 328 g/mol. The van der Waals surface area contributed by atoms with Gasteiger partial charge in [-0.15, -0.1) is 0 Å². The predicted octanol–water partition coefficient (Wildman–Crippen LogP) is 2.42. The van der Waals surface area contributed by atoms with Crippen molar-refractivity contribution in [2.45, 2.75) is 19.4 Å². The molecule has 1 aliphatic heterocycles. The van der Waals surface area contributed by atoms with E-state index in [-0.39, 0.29) is 11.8 Å². The molecular weight excluding hydrogens is 308 g/mol. The zero-order valence-electron chi connectivity index (χ0n) is 11.6. The summed E-state index contributed by atoms with van der Waals surface area (Å²) in [7, 11) is 3.69. The van der Waals surface area contributed by atoms with Gasteiger partial charge in [0.2, 0.25) is 0 Å². The van der Waals surface area contributed by atoms with Crippen LogP contribution in [-0.4, -0.2) is 37.3 Å². The molecule has 19 heavy (non-hydrogen) atoms. The van der Waals surface area contributed by atoms with Gasteiger partial charge in [-0.05, 0) is 44.5 Å². The quantitative estimate of drug-likeness (QED) is 0.894. The normalized spacial score (nSPS) is 23.8. The molecule has 1 aliphatic rings. The third-order valence-electron chi connectivity index (χ3n) is 4.01. The Labute approximate surface area is 122 Å². The molecule has 4 nitrogen and oxygen atoms in total. The zero-order valence-corrected chi connectivity index (χ0v) is 13.2. The van der Waals surface area contributed by atoms with Crippen LogP contribution in [0.5, 0.6) is 11.5 Å². The molecule has 0 bridgehead atoms. The summed E-state index contributed by atoms with van der Waals surface area (Å²) in [4.78, 5) is 2.29. The second-order valence-electron chi connectivity index (χ2n) is 5.24. The molecule has 2 rings (SSSR count). The maximum atomic E-state index is 10.1. The maximum Gasteiger partial charge on any atom is 0.165 e. The lowest BCUT2D eigenvalue weighted by Gasteiger charge is -2.25. The first-order valence-corrected chi connectivity index (χ1v) is 7.25. The van der Waals surface area contributed by atoms with Crippen LogP contribution in [0.25, 0.3) is 0 Å². The molecule has 0 spiro atoms. The summed E-state index contributed by atoms with van der Waals surface area (Å²) in [5.74, 6) is 1.26. The van der Waals surface area contributed by atoms with Crippen molar-refractivity contribution in [3.63, 3.8) is 0 Å². The van der Waals surface area contributed by atoms with E-state index in [0.717, 1.165) is 28.6 Å². The highest BCUT2D eigenvalue weighted by atomic mass is 79.9. The molecule has 0 amide bonds. The predicted molar refractivity (Wildman–Crippen MR) is 79.6 cm³/mol. The number of phenolic OH excluding ortho intramolecular Hbond substituents is 1. The standard InChI is InChI=1S/C14H21BrN2O2/c1-8-10(15)5-12(18)14(19-3)13(8)11-4-9(6-16)7-17(11)2/h5,9,11,18H,4,6-7,16H2,1-3H3. The fraction of sp³-hybridized carbons (Fsp3) is 0.571. The van der Waals surface area contributed by atoms with Crippen molar-refractivity contribution >= 4 is 15.9 Å². The SMILES string of the molecule is COc1c(O)cc(Br)c(C)c1C1CC(CN)CN1C. The molecular formula is C14H21BrN2O2. The number of ether oxygens (including phenoxy) is 1. The number of aromatic hydroxyl groups is 1. The Morgan fingerprint density at radius 2 is 2.26 bits per heavy atom. The van der Waals surface area contributed by atoms with Crippen molar-refractivity contribution in [2.24, 2.45) is 11.7 Å². The first kappa shape index (κ1) is 14.6. The summed E-state index contributed by atoms with van der Waals surface area (Å²) in [5, 5.41) is 10.1. The van der Waals surface area contributed by atoms with Crippen LogP contribution in [0.15, 0.2) is 10.5 Å². The second kappa shape index (κ2) is 5.69. The Morgan fingerprint density at radius 3 is 2.79 bits per heavy atom. The second-order valence-corrected chi connectivity index (χ2v) is 6.10. The maximum absolute atomic E-state index is 10.1. The van der Waals surface area contributed by atoms with Crippen molar-refractivity contribution in [1.82, 2.24) is 4.90 Å². The third kappa shape index (κ3) is 2.59. The minimum absolute atomic E-state index is 0.180. The van der Waals surface area contributed by atoms with E-state index in [1.165, 1.54) is 0 Å². The first-order valence-electron chi connectivity index (χ1n) is 6.45. The van der Waals surface area contributed by atoms with Gasteiger partial charge in [0.25, 0.3) is 0 Å². The van der Waals surface area contributed by atoms with E-state index in [4.69, 9.17) is 10.5 Å². The molecule has 106 valence electrons. The number of phenols is 1. The van der Waals surface area contributed by atoms with E-state index in [1.54, 1.807) is 13.2 Å². The van der Waals surface area contributed by atoms with Crippen LogP contribution in [0.1, 0.15) is 23.6 Å². The molecule has 1 aromatic carbocycles. The molecule has 3 N–H and O–H groups in total. The largest absolute Gasteiger partial charge is 0.504 e. The zero-order chi connectivity index (χ0) is 14.2. The first-order chi connectivity index (χ1) is 8.99. The summed E-state index contributed by atoms with van der Waals surface area (Å²) in [5.41, 5.74) is 7.97. The van der Waals surface area contributed by atoms with Gasteiger partial charge in [-0.1, -0.05) is 15.9 Å². The van der Waals surface area contributed by atoms with Crippen LogP contribution in [0.2, 0.25) is 0 Å². The highest BCUT2D eigenvalue weighted by molar-refractivity contribution is 9.10. The lowest BCUT2D eigenvalue weighted by molar-refractivity contribution is 0.296. The third-order valence-corrected chi connectivity index (χ3v) is 4.83. The molecule has 0 aromatic heterocycles. The topological polar surface area (TPSA) is 58.7 Å². The molecule has 5 heteroatoms. The van der Waals surface area contributed by atoms with Gasteiger partial charge in [0.1, 0.15) is 0 Å². The Balaban J connectivity index is 2.49. The Kier molecular flexibility index (Phi) is 4.38. The van der Waals surface area contributed by atoms with Crippen LogP contribution >= 0.6 is 15.9 Å². The van der Waals surface area contributed by atoms with Gasteiger partial charge in [0.15, 0.2) is 11.5 Å². The number of hydrogen-bond acceptors (Lipinski definition) is 4. The van der Waals surface area contributed by atoms with Gasteiger partial charge in [-0.2, -0.15) is 0 Å². The summed E-state index contributed by atoms with van der Waals surface area (Å²) in [6.45, 7) is 3.73. The van der Waals surface area contributed by atoms with Crippen LogP contribution in [-0.2, 0) is 0 Å². The van der Waals surface area contributed by atoms with Gasteiger partial charge in [-0.25, -0.2) is 0 Å². The lowest BCUT2D eigenvalue weighted by atomic mass is 9.95. The van der Waals surface area contributed by atoms with Gasteiger partial charge in [-0.3, -0.25) is 4.90 Å². The fourth-order valence-electron chi connectivity index (χ4n) is 2.96. The van der Waals surface area contributed by atoms with Gasteiger partial charge in [0, 0.05) is 22.6 Å². The van der Waals surface area contributed by atoms with Crippen molar-refractivity contribution in [1.29, 1.82) is 0 Å². The molecule has 1 saturated heterocycles. The van der Waals surface area contributed by atoms with Gasteiger partial charge < -0.3 is 15.6 Å². The number of rotatable bonds is 3. The Morgan fingerprint density at radius 1 is 1.58 bits per heavy atom. The molecule has 2 atom stereocenters. The Bertz CT molecular complexity index is 479. The van der Waals surface area contributed by atoms with E-state index in [2.05, 4.69) is 27.9 Å². The minimum atomic E-state index is 0.180. The fourth-order valence-corrected chi connectivity index (χ4v) is 3.39. The lowest BCUT2D eigenvalue weighted by Crippen LogP contribution is -2.21. The van der Waals surface area contributed by atoms with Gasteiger partial charge >= 0.3 is 0 Å². The average Bonchev–Trinajstić information content (AvgIpc) is 2.74. The van der Waals surface area contributed by atoms with E-state index >= 15 is 0 Å². The van der Waals surface area contributed by atoms with Crippen LogP contribution in [0.4, 0.5) is 0 Å². The number of methoxy groups -OCH3 is 1. The van der Waals surface area contributed by atoms with Crippen molar-refractivity contribution in [3.05, 3.63) is 21.7 Å². The highest BCUT2D eigenvalue weighted by Crippen LogP contribution is 2.46. The highest BCUT2D eigenvalue weighted by Gasteiger charge is 2.34. The number of hydrogen-bond donors (Lipinski definition) is 2. The summed E-state index contributed by atoms with van der Waals surface area (Å²) in [6, 6.07) is 1.93. The van der Waals surface area contributed by atoms with E-state index in [9.17, 15) is 5.11 Å². The summed E-state index contributed by atoms with van der Waals surface area (Å²) < 4.78 is 6.32. The van der Waals surface area contributed by atoms with Crippen LogP contribution in [0.3, 0.4) is 0 Å². The van der Waals surface area contributed by atoms with E-state index < -0.39 is 0 Å². The molecule has 2 unspecified atom stereocenters. The summed E-state index contributed by atoms with van der Waals surface area (Å²) >= 11 is 3.50. The number of nitrogens with zero attached hydrogens (tertiary/aromatic N) is 1. The number of nitrogens with two attached hydrogens (primary N) is 1. The molecule has 1 heterocycles. The van der Waals surface area contributed by atoms with Gasteiger partial charge in [0.05, 0.1) is 7.11 Å². The summed E-state index contributed by atoms with van der Waals surface area (Å²) in [6.07, 6.45) is 1.00. The van der Waals surface area contributed by atoms with Crippen LogP contribution in [0, 0.1) is 12.8 Å². The molecule has 0 aliphatic carbocycles. The molecule has 1 aromatic rings. The molecule has 1 fully saturated rings. The van der Waals surface area contributed by atoms with Crippen LogP contribution < -0.4 is 10.5 Å². The molecule has 0 saturated carbocycles. The van der Waals surface area contributed by atoms with Crippen molar-refractivity contribution < 1.29 is 9.84 Å². The molecule has 0 radical (unpaired) electrons. The average molecular weight is 329 g/mol. The minimum Gasteiger partial charge on any atom is -0.504 e. The number of halogens is 1. The smallest absolute Gasteiger partial charge is 0.165 e. The van der Waals surface area contributed by atoms with E-state index in [1.807, 2.05) is 6.92 Å². The number of likely N-dealkylation sites (tertiary alicyclic amines) is 1.